The molecule has 8 heteroatoms. The number of carbonyl (C=O) groups excluding carboxylic acids is 1. The molecule has 0 fully saturated rings. The number of ether oxygens (including phenoxy) is 1. The predicted octanol–water partition coefficient (Wildman–Crippen LogP) is 3.75. The summed E-state index contributed by atoms with van der Waals surface area (Å²) in [4.78, 5) is 34.5. The Hall–Kier alpha value is -3.71. The van der Waals surface area contributed by atoms with Crippen LogP contribution in [-0.2, 0) is 6.54 Å². The number of nitrogens with zero attached hydrogens (tertiary/aromatic N) is 3. The number of pyridine rings is 1. The number of nitrogens with one attached hydrogen (secondary N) is 1. The minimum Gasteiger partial charge on any atom is -0.497 e. The lowest BCUT2D eigenvalue weighted by molar-refractivity contribution is 0.102. The predicted molar refractivity (Wildman–Crippen MR) is 115 cm³/mol. The summed E-state index contributed by atoms with van der Waals surface area (Å²) >= 11 is 5.97. The van der Waals surface area contributed by atoms with E-state index in [1.54, 1.807) is 49.7 Å². The van der Waals surface area contributed by atoms with Crippen LogP contribution in [0.25, 0.3) is 11.2 Å². The van der Waals surface area contributed by atoms with Crippen LogP contribution < -0.4 is 15.6 Å². The van der Waals surface area contributed by atoms with Crippen LogP contribution in [0.1, 0.15) is 16.1 Å². The number of benzene rings is 2. The van der Waals surface area contributed by atoms with Gasteiger partial charge in [0.2, 0.25) is 0 Å². The van der Waals surface area contributed by atoms with Crippen LogP contribution in [0.2, 0.25) is 5.02 Å². The monoisotopic (exact) mass is 420 g/mol. The van der Waals surface area contributed by atoms with E-state index in [-0.39, 0.29) is 12.2 Å². The molecule has 4 rings (SSSR count). The highest BCUT2D eigenvalue weighted by molar-refractivity contribution is 6.30. The van der Waals surface area contributed by atoms with Crippen molar-refractivity contribution in [2.75, 3.05) is 12.4 Å². The van der Waals surface area contributed by atoms with Gasteiger partial charge in [0.05, 0.1) is 13.7 Å². The van der Waals surface area contributed by atoms with Crippen LogP contribution in [-0.4, -0.2) is 27.6 Å². The molecule has 0 radical (unpaired) electrons. The van der Waals surface area contributed by atoms with Gasteiger partial charge in [-0.25, -0.2) is 9.97 Å². The second-order valence-corrected chi connectivity index (χ2v) is 6.95. The van der Waals surface area contributed by atoms with Crippen molar-refractivity contribution in [3.8, 4) is 5.75 Å². The average Bonchev–Trinajstić information content (AvgIpc) is 2.76. The standard InChI is InChI=1S/C22H17ClN4O3/c1-30-17-9-7-14(8-10-17)13-27-20-18(6-3-11-24-20)26-19(22(27)29)21(28)25-16-5-2-4-15(23)12-16/h2-12H,13H2,1H3,(H,25,28). The minimum absolute atomic E-state index is 0.219. The van der Waals surface area contributed by atoms with E-state index in [4.69, 9.17) is 16.3 Å². The van der Waals surface area contributed by atoms with Crippen molar-refractivity contribution in [3.63, 3.8) is 0 Å². The molecule has 1 amide bonds. The molecule has 150 valence electrons. The van der Waals surface area contributed by atoms with E-state index in [9.17, 15) is 9.59 Å². The van der Waals surface area contributed by atoms with Crippen molar-refractivity contribution in [2.24, 2.45) is 0 Å². The highest BCUT2D eigenvalue weighted by Gasteiger charge is 2.19. The third-order valence-electron chi connectivity index (χ3n) is 4.50. The van der Waals surface area contributed by atoms with Gasteiger partial charge in [-0.2, -0.15) is 0 Å². The lowest BCUT2D eigenvalue weighted by Crippen LogP contribution is -2.32. The Bertz CT molecular complexity index is 1290. The number of anilines is 1. The quantitative estimate of drug-likeness (QED) is 0.531. The summed E-state index contributed by atoms with van der Waals surface area (Å²) in [7, 11) is 1.59. The van der Waals surface area contributed by atoms with Crippen LogP contribution in [0.4, 0.5) is 5.69 Å². The molecule has 0 aliphatic heterocycles. The molecule has 0 atom stereocenters. The Labute approximate surface area is 176 Å². The molecule has 1 N–H and O–H groups in total. The molecular formula is C22H17ClN4O3. The van der Waals surface area contributed by atoms with E-state index < -0.39 is 11.5 Å². The van der Waals surface area contributed by atoms with Gasteiger partial charge >= 0.3 is 0 Å². The van der Waals surface area contributed by atoms with Gasteiger partial charge in [0.25, 0.3) is 11.5 Å². The van der Waals surface area contributed by atoms with Crippen LogP contribution >= 0.6 is 11.6 Å². The highest BCUT2D eigenvalue weighted by atomic mass is 35.5. The number of carbonyl (C=O) groups is 1. The van der Waals surface area contributed by atoms with Gasteiger partial charge in [0.1, 0.15) is 11.3 Å². The molecule has 30 heavy (non-hydrogen) atoms. The summed E-state index contributed by atoms with van der Waals surface area (Å²) in [5.74, 6) is 0.0990. The van der Waals surface area contributed by atoms with Crippen molar-refractivity contribution < 1.29 is 9.53 Å². The normalized spacial score (nSPS) is 10.7. The second kappa shape index (κ2) is 8.34. The number of hydrogen-bond acceptors (Lipinski definition) is 5. The summed E-state index contributed by atoms with van der Waals surface area (Å²) in [5, 5.41) is 3.15. The molecule has 2 heterocycles. The second-order valence-electron chi connectivity index (χ2n) is 6.51. The topological polar surface area (TPSA) is 86.1 Å². The maximum absolute atomic E-state index is 13.2. The van der Waals surface area contributed by atoms with E-state index in [1.165, 1.54) is 4.57 Å². The van der Waals surface area contributed by atoms with E-state index in [2.05, 4.69) is 15.3 Å². The third-order valence-corrected chi connectivity index (χ3v) is 4.73. The maximum atomic E-state index is 13.2. The zero-order chi connectivity index (χ0) is 21.1. The first kappa shape index (κ1) is 19.6. The summed E-state index contributed by atoms with van der Waals surface area (Å²) in [5.41, 5.74) is 1.43. The van der Waals surface area contributed by atoms with Gasteiger partial charge in [0, 0.05) is 16.9 Å². The van der Waals surface area contributed by atoms with Gasteiger partial charge in [0.15, 0.2) is 11.3 Å². The lowest BCUT2D eigenvalue weighted by Gasteiger charge is -2.12. The lowest BCUT2D eigenvalue weighted by atomic mass is 10.2. The first-order valence-corrected chi connectivity index (χ1v) is 9.48. The highest BCUT2D eigenvalue weighted by Crippen LogP contribution is 2.17. The summed E-state index contributed by atoms with van der Waals surface area (Å²) in [6.45, 7) is 0.232. The van der Waals surface area contributed by atoms with Gasteiger partial charge in [-0.1, -0.05) is 29.8 Å². The van der Waals surface area contributed by atoms with Crippen molar-refractivity contribution in [2.45, 2.75) is 6.54 Å². The molecule has 0 aliphatic carbocycles. The first-order valence-electron chi connectivity index (χ1n) is 9.10. The molecular weight excluding hydrogens is 404 g/mol. The SMILES string of the molecule is COc1ccc(Cn2c(=O)c(C(=O)Nc3cccc(Cl)c3)nc3cccnc32)cc1. The van der Waals surface area contributed by atoms with Crippen LogP contribution in [0, 0.1) is 0 Å². The molecule has 0 saturated heterocycles. The smallest absolute Gasteiger partial charge is 0.284 e. The zero-order valence-corrected chi connectivity index (χ0v) is 16.8. The molecule has 2 aromatic carbocycles. The molecule has 0 bridgehead atoms. The zero-order valence-electron chi connectivity index (χ0n) is 16.0. The van der Waals surface area contributed by atoms with Crippen LogP contribution in [0.5, 0.6) is 5.75 Å². The number of amides is 1. The van der Waals surface area contributed by atoms with Crippen molar-refractivity contribution >= 4 is 34.4 Å². The number of methoxy groups -OCH3 is 1. The fourth-order valence-electron chi connectivity index (χ4n) is 3.04. The van der Waals surface area contributed by atoms with Crippen molar-refractivity contribution in [1.29, 1.82) is 0 Å². The summed E-state index contributed by atoms with van der Waals surface area (Å²) in [6, 6.07) is 17.4. The Kier molecular flexibility index (Phi) is 5.45. The van der Waals surface area contributed by atoms with Crippen molar-refractivity contribution in [1.82, 2.24) is 14.5 Å². The maximum Gasteiger partial charge on any atom is 0.284 e. The van der Waals surface area contributed by atoms with E-state index in [0.717, 1.165) is 5.56 Å². The summed E-state index contributed by atoms with van der Waals surface area (Å²) < 4.78 is 6.62. The Balaban J connectivity index is 1.76. The van der Waals surface area contributed by atoms with Gasteiger partial charge in [-0.3, -0.25) is 14.2 Å². The first-order chi connectivity index (χ1) is 14.5. The van der Waals surface area contributed by atoms with Gasteiger partial charge in [-0.05, 0) is 48.0 Å². The summed E-state index contributed by atoms with van der Waals surface area (Å²) in [6.07, 6.45) is 1.58. The van der Waals surface area contributed by atoms with E-state index in [0.29, 0.717) is 27.6 Å². The minimum atomic E-state index is -0.614. The average molecular weight is 421 g/mol. The Morgan fingerprint density at radius 3 is 2.67 bits per heavy atom. The molecule has 0 saturated carbocycles. The molecule has 0 spiro atoms. The van der Waals surface area contributed by atoms with Crippen molar-refractivity contribution in [3.05, 3.63) is 93.5 Å². The molecule has 4 aromatic rings. The fraction of sp³-hybridized carbons (Fsp3) is 0.0909. The van der Waals surface area contributed by atoms with Crippen LogP contribution in [0.3, 0.4) is 0 Å². The Morgan fingerprint density at radius 1 is 1.13 bits per heavy atom. The molecule has 7 nitrogen and oxygen atoms in total. The van der Waals surface area contributed by atoms with E-state index >= 15 is 0 Å². The molecule has 2 aromatic heterocycles. The van der Waals surface area contributed by atoms with Gasteiger partial charge in [-0.15, -0.1) is 0 Å². The number of rotatable bonds is 5. The largest absolute Gasteiger partial charge is 0.497 e. The van der Waals surface area contributed by atoms with Gasteiger partial charge < -0.3 is 10.1 Å². The third kappa shape index (κ3) is 4.01. The fourth-order valence-corrected chi connectivity index (χ4v) is 3.23. The number of fused-ring (bicyclic) bond motifs is 1. The molecule has 0 aliphatic rings. The van der Waals surface area contributed by atoms with Crippen LogP contribution in [0.15, 0.2) is 71.7 Å². The number of hydrogen-bond donors (Lipinski definition) is 1. The number of aromatic nitrogens is 3. The molecule has 0 unspecified atom stereocenters. The van der Waals surface area contributed by atoms with E-state index in [1.807, 2.05) is 24.3 Å². The number of halogens is 1. The Morgan fingerprint density at radius 2 is 1.93 bits per heavy atom.